The molecular weight excluding hydrogens is 222 g/mol. The van der Waals surface area contributed by atoms with Crippen LogP contribution < -0.4 is 5.32 Å². The normalized spacial score (nSPS) is 12.1. The predicted molar refractivity (Wildman–Crippen MR) is 61.7 cm³/mol. The maximum absolute atomic E-state index is 11.6. The van der Waals surface area contributed by atoms with Crippen molar-refractivity contribution < 1.29 is 14.7 Å². The Morgan fingerprint density at radius 1 is 1.59 bits per heavy atom. The van der Waals surface area contributed by atoms with Crippen LogP contribution >= 0.6 is 0 Å². The second kappa shape index (κ2) is 6.03. The molecule has 0 aliphatic heterocycles. The molecule has 1 aromatic heterocycles. The topological polar surface area (TPSA) is 84.2 Å². The molecule has 0 aliphatic carbocycles. The number of hydrogen-bond donors (Lipinski definition) is 2. The molecule has 1 atom stereocenters. The van der Waals surface area contributed by atoms with Crippen LogP contribution in [-0.4, -0.2) is 32.8 Å². The fraction of sp³-hybridized carbons (Fsp3) is 0.545. The maximum Gasteiger partial charge on any atom is 0.356 e. The van der Waals surface area contributed by atoms with Gasteiger partial charge in [-0.25, -0.2) is 4.79 Å². The molecular formula is C11H17N3O3. The molecule has 1 heterocycles. The molecule has 94 valence electrons. The minimum atomic E-state index is -1.09. The lowest BCUT2D eigenvalue weighted by Gasteiger charge is -2.12. The molecule has 0 radical (unpaired) electrons. The molecule has 0 spiro atoms. The number of nitrogens with zero attached hydrogens (tertiary/aromatic N) is 2. The van der Waals surface area contributed by atoms with Gasteiger partial charge in [-0.05, 0) is 19.4 Å². The highest BCUT2D eigenvalue weighted by atomic mass is 16.4. The lowest BCUT2D eigenvalue weighted by Crippen LogP contribution is -2.35. The molecule has 1 aromatic rings. The molecule has 17 heavy (non-hydrogen) atoms. The molecule has 1 amide bonds. The minimum Gasteiger partial charge on any atom is -0.476 e. The summed E-state index contributed by atoms with van der Waals surface area (Å²) in [5.74, 6) is -1.26. The minimum absolute atomic E-state index is 0.0430. The Labute approximate surface area is 99.6 Å². The molecule has 0 aliphatic rings. The summed E-state index contributed by atoms with van der Waals surface area (Å²) in [4.78, 5) is 22.1. The number of hydrogen-bond acceptors (Lipinski definition) is 3. The van der Waals surface area contributed by atoms with Gasteiger partial charge in [0.25, 0.3) is 0 Å². The van der Waals surface area contributed by atoms with E-state index < -0.39 is 5.97 Å². The molecule has 2 N–H and O–H groups in total. The Bertz CT molecular complexity index is 400. The zero-order valence-corrected chi connectivity index (χ0v) is 10.0. The van der Waals surface area contributed by atoms with Gasteiger partial charge < -0.3 is 10.4 Å². The molecule has 1 rings (SSSR count). The van der Waals surface area contributed by atoms with E-state index >= 15 is 0 Å². The first-order valence-electron chi connectivity index (χ1n) is 5.59. The van der Waals surface area contributed by atoms with Crippen molar-refractivity contribution in [2.75, 3.05) is 0 Å². The summed E-state index contributed by atoms with van der Waals surface area (Å²) in [6.45, 7) is 4.03. The van der Waals surface area contributed by atoms with Crippen LogP contribution in [0.4, 0.5) is 0 Å². The number of aromatic nitrogens is 2. The van der Waals surface area contributed by atoms with Gasteiger partial charge in [-0.3, -0.25) is 9.48 Å². The quantitative estimate of drug-likeness (QED) is 0.772. The second-order valence-electron chi connectivity index (χ2n) is 3.96. The smallest absolute Gasteiger partial charge is 0.356 e. The van der Waals surface area contributed by atoms with Gasteiger partial charge >= 0.3 is 5.97 Å². The number of nitrogens with one attached hydrogen (secondary N) is 1. The first-order chi connectivity index (χ1) is 8.02. The lowest BCUT2D eigenvalue weighted by molar-refractivity contribution is -0.122. The average Bonchev–Trinajstić information content (AvgIpc) is 2.66. The Morgan fingerprint density at radius 2 is 2.29 bits per heavy atom. The van der Waals surface area contributed by atoms with E-state index in [0.717, 1.165) is 12.8 Å². The van der Waals surface area contributed by atoms with Gasteiger partial charge in [0.05, 0.1) is 0 Å². The monoisotopic (exact) mass is 239 g/mol. The third kappa shape index (κ3) is 4.26. The van der Waals surface area contributed by atoms with Crippen molar-refractivity contribution >= 4 is 11.9 Å². The van der Waals surface area contributed by atoms with Gasteiger partial charge in [-0.1, -0.05) is 13.3 Å². The largest absolute Gasteiger partial charge is 0.476 e. The van der Waals surface area contributed by atoms with E-state index in [4.69, 9.17) is 5.11 Å². The Kier molecular flexibility index (Phi) is 4.68. The predicted octanol–water partition coefficient (Wildman–Crippen LogP) is 0.886. The van der Waals surface area contributed by atoms with Crippen LogP contribution in [0, 0.1) is 0 Å². The van der Waals surface area contributed by atoms with Crippen molar-refractivity contribution in [3.63, 3.8) is 0 Å². The summed E-state index contributed by atoms with van der Waals surface area (Å²) in [5.41, 5.74) is -0.0561. The van der Waals surface area contributed by atoms with Crippen LogP contribution in [0.2, 0.25) is 0 Å². The highest BCUT2D eigenvalue weighted by Gasteiger charge is 2.10. The zero-order valence-electron chi connectivity index (χ0n) is 10.0. The van der Waals surface area contributed by atoms with Gasteiger partial charge in [0, 0.05) is 12.2 Å². The summed E-state index contributed by atoms with van der Waals surface area (Å²) < 4.78 is 1.32. The van der Waals surface area contributed by atoms with Crippen LogP contribution in [0.1, 0.15) is 37.2 Å². The standard InChI is InChI=1S/C11H17N3O3/c1-3-4-8(2)12-10(15)7-14-6-5-9(13-14)11(16)17/h5-6,8H,3-4,7H2,1-2H3,(H,12,15)(H,16,17). The maximum atomic E-state index is 11.6. The second-order valence-corrected chi connectivity index (χ2v) is 3.96. The summed E-state index contributed by atoms with van der Waals surface area (Å²) in [5, 5.41) is 15.3. The summed E-state index contributed by atoms with van der Waals surface area (Å²) >= 11 is 0. The Morgan fingerprint density at radius 3 is 2.82 bits per heavy atom. The van der Waals surface area contributed by atoms with Crippen molar-refractivity contribution in [2.45, 2.75) is 39.3 Å². The SMILES string of the molecule is CCCC(C)NC(=O)Cn1ccc(C(=O)O)n1. The summed E-state index contributed by atoms with van der Waals surface area (Å²) in [6.07, 6.45) is 3.41. The summed E-state index contributed by atoms with van der Waals surface area (Å²) in [6, 6.07) is 1.49. The molecule has 6 nitrogen and oxygen atoms in total. The summed E-state index contributed by atoms with van der Waals surface area (Å²) in [7, 11) is 0. The highest BCUT2D eigenvalue weighted by Crippen LogP contribution is 1.97. The Balaban J connectivity index is 2.47. The first kappa shape index (κ1) is 13.2. The molecule has 0 aromatic carbocycles. The van der Waals surface area contributed by atoms with Gasteiger partial charge in [0.2, 0.25) is 5.91 Å². The highest BCUT2D eigenvalue weighted by molar-refractivity contribution is 5.85. The van der Waals surface area contributed by atoms with Crippen molar-refractivity contribution in [1.82, 2.24) is 15.1 Å². The molecule has 0 bridgehead atoms. The van der Waals surface area contributed by atoms with Crippen LogP contribution in [0.3, 0.4) is 0 Å². The van der Waals surface area contributed by atoms with E-state index in [1.165, 1.54) is 16.9 Å². The number of carbonyl (C=O) groups excluding carboxylic acids is 1. The molecule has 0 saturated carbocycles. The number of carboxylic acid groups (broad SMARTS) is 1. The van der Waals surface area contributed by atoms with E-state index in [1.54, 1.807) is 0 Å². The number of amides is 1. The first-order valence-corrected chi connectivity index (χ1v) is 5.59. The lowest BCUT2D eigenvalue weighted by atomic mass is 10.2. The van der Waals surface area contributed by atoms with E-state index in [1.807, 2.05) is 6.92 Å². The Hall–Kier alpha value is -1.85. The number of aromatic carboxylic acids is 1. The van der Waals surface area contributed by atoms with Crippen LogP contribution in [0.25, 0.3) is 0 Å². The number of carbonyl (C=O) groups is 2. The number of rotatable bonds is 6. The van der Waals surface area contributed by atoms with E-state index in [2.05, 4.69) is 17.3 Å². The van der Waals surface area contributed by atoms with E-state index in [0.29, 0.717) is 0 Å². The van der Waals surface area contributed by atoms with Gasteiger partial charge in [0.15, 0.2) is 5.69 Å². The van der Waals surface area contributed by atoms with E-state index in [9.17, 15) is 9.59 Å². The third-order valence-electron chi connectivity index (χ3n) is 2.29. The van der Waals surface area contributed by atoms with E-state index in [-0.39, 0.29) is 24.2 Å². The van der Waals surface area contributed by atoms with Gasteiger partial charge in [-0.15, -0.1) is 0 Å². The molecule has 0 saturated heterocycles. The van der Waals surface area contributed by atoms with Crippen LogP contribution in [0.15, 0.2) is 12.3 Å². The fourth-order valence-electron chi connectivity index (χ4n) is 1.54. The van der Waals surface area contributed by atoms with Crippen molar-refractivity contribution in [1.29, 1.82) is 0 Å². The third-order valence-corrected chi connectivity index (χ3v) is 2.29. The fourth-order valence-corrected chi connectivity index (χ4v) is 1.54. The molecule has 1 unspecified atom stereocenters. The van der Waals surface area contributed by atoms with Crippen LogP contribution in [-0.2, 0) is 11.3 Å². The number of carboxylic acids is 1. The average molecular weight is 239 g/mol. The van der Waals surface area contributed by atoms with Crippen LogP contribution in [0.5, 0.6) is 0 Å². The van der Waals surface area contributed by atoms with Crippen molar-refractivity contribution in [3.8, 4) is 0 Å². The van der Waals surface area contributed by atoms with Crippen molar-refractivity contribution in [2.24, 2.45) is 0 Å². The molecule has 0 fully saturated rings. The van der Waals surface area contributed by atoms with Crippen molar-refractivity contribution in [3.05, 3.63) is 18.0 Å². The van der Waals surface area contributed by atoms with Gasteiger partial charge in [-0.2, -0.15) is 5.10 Å². The van der Waals surface area contributed by atoms with Gasteiger partial charge in [0.1, 0.15) is 6.54 Å². The molecule has 6 heteroatoms. The zero-order chi connectivity index (χ0) is 12.8.